The summed E-state index contributed by atoms with van der Waals surface area (Å²) in [5, 5.41) is 5.20. The summed E-state index contributed by atoms with van der Waals surface area (Å²) in [6.45, 7) is 2.79. The number of carbonyl (C=O) groups is 1. The van der Waals surface area contributed by atoms with Crippen LogP contribution in [-0.2, 0) is 6.54 Å². The summed E-state index contributed by atoms with van der Waals surface area (Å²) < 4.78 is 5.53. The molecule has 1 amide bonds. The van der Waals surface area contributed by atoms with Crippen molar-refractivity contribution in [2.45, 2.75) is 25.4 Å². The van der Waals surface area contributed by atoms with Crippen molar-refractivity contribution in [3.8, 4) is 5.75 Å². The summed E-state index contributed by atoms with van der Waals surface area (Å²) in [5.74, 6) is 1.20. The Labute approximate surface area is 181 Å². The second-order valence-corrected chi connectivity index (χ2v) is 8.58. The zero-order valence-corrected chi connectivity index (χ0v) is 18.0. The molecule has 1 aliphatic heterocycles. The molecule has 0 spiro atoms. The summed E-state index contributed by atoms with van der Waals surface area (Å²) >= 11 is 1.46. The van der Waals surface area contributed by atoms with Gasteiger partial charge >= 0.3 is 0 Å². The highest BCUT2D eigenvalue weighted by atomic mass is 32.1. The van der Waals surface area contributed by atoms with Gasteiger partial charge in [0.15, 0.2) is 0 Å². The fourth-order valence-corrected chi connectivity index (χ4v) is 4.82. The third-order valence-electron chi connectivity index (χ3n) is 5.64. The van der Waals surface area contributed by atoms with Crippen molar-refractivity contribution in [3.05, 3.63) is 82.3 Å². The molecule has 0 bridgehead atoms. The number of likely N-dealkylation sites (tertiary alicyclic amines) is 1. The van der Waals surface area contributed by atoms with Gasteiger partial charge in [-0.1, -0.05) is 30.3 Å². The number of hydrogen-bond acceptors (Lipinski definition) is 5. The lowest BCUT2D eigenvalue weighted by molar-refractivity contribution is 0.0878. The number of pyridine rings is 1. The standard InChI is InChI=1S/C24H27N3O2S/c1-29-21-11-3-2-8-18(21)16-27-14-6-9-19(17-27)23(20-10-4-5-13-25-20)26-24(28)22-12-7-15-30-22/h2-5,7-8,10-13,15,19,23H,6,9,14,16-17H2,1H3,(H,26,28). The van der Waals surface area contributed by atoms with E-state index in [1.807, 2.05) is 47.8 Å². The lowest BCUT2D eigenvalue weighted by Gasteiger charge is -2.37. The molecule has 2 atom stereocenters. The number of rotatable bonds is 7. The molecule has 3 heterocycles. The number of carbonyl (C=O) groups excluding carboxylic acids is 1. The highest BCUT2D eigenvalue weighted by molar-refractivity contribution is 7.12. The van der Waals surface area contributed by atoms with Gasteiger partial charge < -0.3 is 10.1 Å². The second-order valence-electron chi connectivity index (χ2n) is 7.63. The van der Waals surface area contributed by atoms with Crippen molar-refractivity contribution < 1.29 is 9.53 Å². The first-order valence-corrected chi connectivity index (χ1v) is 11.2. The molecule has 30 heavy (non-hydrogen) atoms. The largest absolute Gasteiger partial charge is 0.496 e. The molecule has 1 N–H and O–H groups in total. The Kier molecular flexibility index (Phi) is 6.77. The zero-order valence-electron chi connectivity index (χ0n) is 17.2. The minimum absolute atomic E-state index is 0.0255. The van der Waals surface area contributed by atoms with Crippen LogP contribution in [0.3, 0.4) is 0 Å². The molecule has 1 saturated heterocycles. The first-order valence-electron chi connectivity index (χ1n) is 10.3. The van der Waals surface area contributed by atoms with Crippen LogP contribution in [0, 0.1) is 5.92 Å². The number of thiophene rings is 1. The molecule has 0 radical (unpaired) electrons. The summed E-state index contributed by atoms with van der Waals surface area (Å²) in [5.41, 5.74) is 2.12. The van der Waals surface area contributed by atoms with Gasteiger partial charge in [-0.15, -0.1) is 11.3 Å². The number of hydrogen-bond donors (Lipinski definition) is 1. The van der Waals surface area contributed by atoms with Gasteiger partial charge in [0.1, 0.15) is 5.75 Å². The molecule has 1 aromatic carbocycles. The Hall–Kier alpha value is -2.70. The molecule has 0 aliphatic carbocycles. The minimum atomic E-state index is -0.110. The van der Waals surface area contributed by atoms with Gasteiger partial charge in [0, 0.05) is 24.8 Å². The van der Waals surface area contributed by atoms with Gasteiger partial charge in [0.25, 0.3) is 5.91 Å². The predicted octanol–water partition coefficient (Wildman–Crippen LogP) is 4.54. The molecule has 1 fully saturated rings. The summed E-state index contributed by atoms with van der Waals surface area (Å²) in [6, 6.07) is 17.8. The van der Waals surface area contributed by atoms with Crippen LogP contribution in [0.1, 0.15) is 39.8 Å². The topological polar surface area (TPSA) is 54.5 Å². The maximum atomic E-state index is 12.8. The number of amides is 1. The Morgan fingerprint density at radius 3 is 2.87 bits per heavy atom. The second kappa shape index (κ2) is 9.87. The van der Waals surface area contributed by atoms with Crippen molar-refractivity contribution in [3.63, 3.8) is 0 Å². The van der Waals surface area contributed by atoms with Crippen molar-refractivity contribution >= 4 is 17.2 Å². The lowest BCUT2D eigenvalue weighted by atomic mass is 9.88. The maximum Gasteiger partial charge on any atom is 0.261 e. The first kappa shape index (κ1) is 20.6. The molecule has 5 nitrogen and oxygen atoms in total. The van der Waals surface area contributed by atoms with Crippen molar-refractivity contribution in [2.24, 2.45) is 5.92 Å². The van der Waals surface area contributed by atoms with Crippen LogP contribution in [0.5, 0.6) is 5.75 Å². The average molecular weight is 422 g/mol. The van der Waals surface area contributed by atoms with Gasteiger partial charge in [-0.2, -0.15) is 0 Å². The normalized spacial score (nSPS) is 18.0. The van der Waals surface area contributed by atoms with E-state index in [-0.39, 0.29) is 11.9 Å². The number of nitrogens with one attached hydrogen (secondary N) is 1. The fourth-order valence-electron chi connectivity index (χ4n) is 4.19. The van der Waals surface area contributed by atoms with E-state index < -0.39 is 0 Å². The van der Waals surface area contributed by atoms with E-state index in [1.54, 1.807) is 13.3 Å². The maximum absolute atomic E-state index is 12.8. The number of benzene rings is 1. The quantitative estimate of drug-likeness (QED) is 0.609. The van der Waals surface area contributed by atoms with Crippen LogP contribution in [0.2, 0.25) is 0 Å². The highest BCUT2D eigenvalue weighted by Crippen LogP contribution is 2.31. The minimum Gasteiger partial charge on any atom is -0.496 e. The molecule has 2 unspecified atom stereocenters. The molecule has 0 saturated carbocycles. The molecule has 156 valence electrons. The molecule has 1 aliphatic rings. The molecular formula is C24H27N3O2S. The van der Waals surface area contributed by atoms with E-state index in [4.69, 9.17) is 4.74 Å². The molecule has 6 heteroatoms. The third kappa shape index (κ3) is 4.89. The van der Waals surface area contributed by atoms with Crippen LogP contribution in [0.4, 0.5) is 0 Å². The van der Waals surface area contributed by atoms with Crippen LogP contribution in [0.15, 0.2) is 66.2 Å². The molecule has 3 aromatic rings. The van der Waals surface area contributed by atoms with E-state index >= 15 is 0 Å². The fraction of sp³-hybridized carbons (Fsp3) is 0.333. The lowest BCUT2D eigenvalue weighted by Crippen LogP contribution is -2.43. The Bertz CT molecular complexity index is 946. The summed E-state index contributed by atoms with van der Waals surface area (Å²) in [4.78, 5) is 20.6. The highest BCUT2D eigenvalue weighted by Gasteiger charge is 2.31. The van der Waals surface area contributed by atoms with Crippen LogP contribution < -0.4 is 10.1 Å². The smallest absolute Gasteiger partial charge is 0.261 e. The van der Waals surface area contributed by atoms with E-state index in [1.165, 1.54) is 16.9 Å². The Balaban J connectivity index is 1.52. The Morgan fingerprint density at radius 2 is 2.10 bits per heavy atom. The Morgan fingerprint density at radius 1 is 1.23 bits per heavy atom. The SMILES string of the molecule is COc1ccccc1CN1CCCC(C(NC(=O)c2cccs2)c2ccccn2)C1. The average Bonchev–Trinajstić information content (AvgIpc) is 3.34. The van der Waals surface area contributed by atoms with Crippen molar-refractivity contribution in [1.29, 1.82) is 0 Å². The molecule has 2 aromatic heterocycles. The van der Waals surface area contributed by atoms with Crippen LogP contribution in [-0.4, -0.2) is 36.0 Å². The van der Waals surface area contributed by atoms with Gasteiger partial charge in [0.2, 0.25) is 0 Å². The number of piperidine rings is 1. The predicted molar refractivity (Wildman–Crippen MR) is 120 cm³/mol. The number of methoxy groups -OCH3 is 1. The number of para-hydroxylation sites is 1. The van der Waals surface area contributed by atoms with Gasteiger partial charge in [-0.3, -0.25) is 14.7 Å². The zero-order chi connectivity index (χ0) is 20.8. The molecule has 4 rings (SSSR count). The van der Waals surface area contributed by atoms with E-state index in [2.05, 4.69) is 27.3 Å². The van der Waals surface area contributed by atoms with Crippen molar-refractivity contribution in [1.82, 2.24) is 15.2 Å². The van der Waals surface area contributed by atoms with Crippen LogP contribution >= 0.6 is 11.3 Å². The summed E-state index contributed by atoms with van der Waals surface area (Å²) in [6.07, 6.45) is 3.96. The molecular weight excluding hydrogens is 394 g/mol. The number of ether oxygens (including phenoxy) is 1. The van der Waals surface area contributed by atoms with Gasteiger partial charge in [-0.05, 0) is 54.9 Å². The monoisotopic (exact) mass is 421 g/mol. The summed E-state index contributed by atoms with van der Waals surface area (Å²) in [7, 11) is 1.72. The first-order chi connectivity index (χ1) is 14.7. The van der Waals surface area contributed by atoms with E-state index in [0.29, 0.717) is 5.92 Å². The number of aromatic nitrogens is 1. The van der Waals surface area contributed by atoms with Gasteiger partial charge in [-0.25, -0.2) is 0 Å². The van der Waals surface area contributed by atoms with E-state index in [9.17, 15) is 4.79 Å². The van der Waals surface area contributed by atoms with Crippen molar-refractivity contribution in [2.75, 3.05) is 20.2 Å². The van der Waals surface area contributed by atoms with Gasteiger partial charge in [0.05, 0.1) is 23.7 Å². The number of nitrogens with zero attached hydrogens (tertiary/aromatic N) is 2. The van der Waals surface area contributed by atoms with E-state index in [0.717, 1.165) is 48.8 Å². The third-order valence-corrected chi connectivity index (χ3v) is 6.51. The van der Waals surface area contributed by atoms with Crippen LogP contribution in [0.25, 0.3) is 0 Å².